The molecule has 0 aliphatic carbocycles. The molecule has 0 saturated carbocycles. The van der Waals surface area contributed by atoms with Gasteiger partial charge < -0.3 is 11.8 Å². The molecule has 0 saturated heterocycles. The van der Waals surface area contributed by atoms with Crippen molar-refractivity contribution in [2.45, 2.75) is 54.4 Å². The molecule has 0 radical (unpaired) electrons. The maximum absolute atomic E-state index is 8.82. The van der Waals surface area contributed by atoms with Crippen LogP contribution < -0.4 is 0 Å². The van der Waals surface area contributed by atoms with E-state index in [0.717, 1.165) is 0 Å². The monoisotopic (exact) mass is 260 g/mol. The molecule has 0 rings (SSSR count). The van der Waals surface area contributed by atoms with Gasteiger partial charge in [0.15, 0.2) is 0 Å². The van der Waals surface area contributed by atoms with E-state index in [1.54, 1.807) is 0 Å². The summed E-state index contributed by atoms with van der Waals surface area (Å²) in [4.78, 5) is 0. The van der Waals surface area contributed by atoms with Crippen LogP contribution in [0.5, 0.6) is 0 Å². The molecule has 0 amide bonds. The van der Waals surface area contributed by atoms with Crippen molar-refractivity contribution in [3.63, 3.8) is 0 Å². The molecule has 0 aromatic rings. The van der Waals surface area contributed by atoms with Gasteiger partial charge in [0.25, 0.3) is 0 Å². The zero-order chi connectivity index (χ0) is 13.1. The van der Waals surface area contributed by atoms with Crippen molar-refractivity contribution >= 4 is 0 Å². The summed E-state index contributed by atoms with van der Waals surface area (Å²) < 4.78 is 31.9. The molecule has 0 aromatic heterocycles. The molecular formula is C10H24CrO4-2. The third-order valence-electron chi connectivity index (χ3n) is 1.41. The second kappa shape index (κ2) is 12.1. The first-order valence-electron chi connectivity index (χ1n) is 4.82. The first-order valence-corrected chi connectivity index (χ1v) is 7.00. The Kier molecular flexibility index (Phi) is 16.5. The zero-order valence-corrected chi connectivity index (χ0v) is 11.8. The van der Waals surface area contributed by atoms with Gasteiger partial charge in [0, 0.05) is 0 Å². The molecule has 0 aliphatic heterocycles. The van der Waals surface area contributed by atoms with Crippen molar-refractivity contribution in [2.24, 2.45) is 0 Å². The fourth-order valence-electron chi connectivity index (χ4n) is 0. The van der Waals surface area contributed by atoms with Gasteiger partial charge in [0.05, 0.1) is 0 Å². The Labute approximate surface area is 96.1 Å². The van der Waals surface area contributed by atoms with Crippen LogP contribution in [0.4, 0.5) is 0 Å². The average molecular weight is 260 g/mol. The summed E-state index contributed by atoms with van der Waals surface area (Å²) in [5, 5.41) is 0. The van der Waals surface area contributed by atoms with Gasteiger partial charge in [0.2, 0.25) is 0 Å². The number of rotatable bonds is 2. The van der Waals surface area contributed by atoms with E-state index in [1.807, 2.05) is 0 Å². The third-order valence-corrected chi connectivity index (χ3v) is 1.41. The maximum atomic E-state index is 8.82. The quantitative estimate of drug-likeness (QED) is 0.748. The van der Waals surface area contributed by atoms with Gasteiger partial charge in [-0.15, -0.1) is 0 Å². The Bertz CT molecular complexity index is 179. The van der Waals surface area contributed by atoms with E-state index in [1.165, 1.54) is 24.7 Å². The minimum atomic E-state index is -5.25. The van der Waals surface area contributed by atoms with Crippen LogP contribution >= 0.6 is 0 Å². The molecule has 0 bridgehead atoms. The summed E-state index contributed by atoms with van der Waals surface area (Å²) in [6, 6.07) is 0. The molecular weight excluding hydrogens is 236 g/mol. The summed E-state index contributed by atoms with van der Waals surface area (Å²) in [6.45, 7) is 12.9. The SMILES string of the molecule is CC[C-](C)C.CC[C-](C)C.[O]=[Cr](=[O])([OH])[OH]. The van der Waals surface area contributed by atoms with Crippen molar-refractivity contribution < 1.29 is 29.5 Å². The molecule has 0 aliphatic rings. The predicted molar refractivity (Wildman–Crippen MR) is 55.6 cm³/mol. The van der Waals surface area contributed by atoms with E-state index in [4.69, 9.17) is 15.9 Å². The fraction of sp³-hybridized carbons (Fsp3) is 0.800. The predicted octanol–water partition coefficient (Wildman–Crippen LogP) is 2.67. The first kappa shape index (κ1) is 20.5. The standard InChI is InChI=1S/2C5H11.Cr.2H2O.2O/c2*1-4-5(2)3;;;;;/h2*4H2,1-3H3;;2*1H2;;/q2*-1;+2;;;;/p-2. The first-order chi connectivity index (χ1) is 6.54. The Morgan fingerprint density at radius 1 is 0.867 bits per heavy atom. The van der Waals surface area contributed by atoms with Gasteiger partial charge in [-0.05, 0) is 0 Å². The van der Waals surface area contributed by atoms with E-state index in [9.17, 15) is 0 Å². The second-order valence-corrected chi connectivity index (χ2v) is 4.97. The normalized spacial score (nSPS) is 10.3. The van der Waals surface area contributed by atoms with Gasteiger partial charge >= 0.3 is 29.5 Å². The van der Waals surface area contributed by atoms with E-state index in [2.05, 4.69) is 41.5 Å². The Morgan fingerprint density at radius 3 is 0.933 bits per heavy atom. The summed E-state index contributed by atoms with van der Waals surface area (Å²) in [5.74, 6) is 3.01. The Hall–Kier alpha value is 0.0525. The van der Waals surface area contributed by atoms with Crippen LogP contribution in [0.15, 0.2) is 0 Å². The van der Waals surface area contributed by atoms with E-state index in [0.29, 0.717) is 0 Å². The Balaban J connectivity index is -0.000000144. The summed E-state index contributed by atoms with van der Waals surface area (Å²) in [6.07, 6.45) is 2.44. The van der Waals surface area contributed by atoms with E-state index >= 15 is 0 Å². The molecule has 2 N–H and O–H groups in total. The molecule has 0 aromatic carbocycles. The number of hydrogen-bond donors (Lipinski definition) is 2. The van der Waals surface area contributed by atoms with Gasteiger partial charge in [-0.2, -0.15) is 40.5 Å². The van der Waals surface area contributed by atoms with Crippen LogP contribution in [0, 0.1) is 11.8 Å². The molecule has 96 valence electrons. The third kappa shape index (κ3) is 124. The average Bonchev–Trinajstić information content (AvgIpc) is 2.02. The van der Waals surface area contributed by atoms with Gasteiger partial charge in [-0.25, -0.2) is 0 Å². The van der Waals surface area contributed by atoms with Crippen molar-refractivity contribution in [3.05, 3.63) is 11.8 Å². The van der Waals surface area contributed by atoms with Gasteiger partial charge in [0.1, 0.15) is 0 Å². The van der Waals surface area contributed by atoms with Crippen molar-refractivity contribution in [3.8, 4) is 0 Å². The van der Waals surface area contributed by atoms with Crippen LogP contribution in [0.1, 0.15) is 54.4 Å². The van der Waals surface area contributed by atoms with Crippen LogP contribution in [-0.4, -0.2) is 8.32 Å². The van der Waals surface area contributed by atoms with E-state index < -0.39 is 13.6 Å². The molecule has 15 heavy (non-hydrogen) atoms. The van der Waals surface area contributed by atoms with Crippen LogP contribution in [0.2, 0.25) is 0 Å². The zero-order valence-electron chi connectivity index (χ0n) is 10.5. The summed E-state index contributed by atoms with van der Waals surface area (Å²) >= 11 is -5.25. The van der Waals surface area contributed by atoms with Crippen LogP contribution in [0.25, 0.3) is 0 Å². The van der Waals surface area contributed by atoms with Crippen molar-refractivity contribution in [1.29, 1.82) is 0 Å². The van der Waals surface area contributed by atoms with Gasteiger partial charge in [-0.3, -0.25) is 0 Å². The van der Waals surface area contributed by atoms with Crippen molar-refractivity contribution in [1.82, 2.24) is 0 Å². The summed E-state index contributed by atoms with van der Waals surface area (Å²) in [5.41, 5.74) is 0. The van der Waals surface area contributed by atoms with Crippen LogP contribution in [0.3, 0.4) is 0 Å². The number of hydrogen-bond acceptors (Lipinski definition) is 2. The minimum absolute atomic E-state index is 1.22. The molecule has 5 heteroatoms. The molecule has 0 fully saturated rings. The fourth-order valence-corrected chi connectivity index (χ4v) is 0. The second-order valence-electron chi connectivity index (χ2n) is 3.57. The topological polar surface area (TPSA) is 74.6 Å². The molecule has 4 nitrogen and oxygen atoms in total. The molecule has 0 spiro atoms. The van der Waals surface area contributed by atoms with Gasteiger partial charge in [-0.1, -0.05) is 13.8 Å². The van der Waals surface area contributed by atoms with Crippen molar-refractivity contribution in [2.75, 3.05) is 0 Å². The summed E-state index contributed by atoms with van der Waals surface area (Å²) in [7, 11) is 0. The van der Waals surface area contributed by atoms with Crippen LogP contribution in [-0.2, 0) is 21.2 Å². The van der Waals surface area contributed by atoms with E-state index in [-0.39, 0.29) is 0 Å². The molecule has 0 heterocycles. The Morgan fingerprint density at radius 2 is 0.933 bits per heavy atom. The molecule has 0 unspecified atom stereocenters. The molecule has 0 atom stereocenters.